The number of hydrogen-bond acceptors (Lipinski definition) is 4. The first-order chi connectivity index (χ1) is 10.7. The first-order valence-corrected chi connectivity index (χ1v) is 8.25. The number of anilines is 3. The van der Waals surface area contributed by atoms with Gasteiger partial charge in [-0.25, -0.2) is 4.98 Å². The fourth-order valence-corrected chi connectivity index (χ4v) is 2.28. The first-order valence-electron chi connectivity index (χ1n) is 7.87. The monoisotopic (exact) mass is 332 g/mol. The van der Waals surface area contributed by atoms with Crippen LogP contribution in [-0.4, -0.2) is 15.5 Å². The van der Waals surface area contributed by atoms with Crippen molar-refractivity contribution < 1.29 is 0 Å². The molecule has 4 nitrogen and oxygen atoms in total. The normalized spacial score (nSPS) is 11.4. The van der Waals surface area contributed by atoms with Crippen molar-refractivity contribution in [3.63, 3.8) is 0 Å². The lowest BCUT2D eigenvalue weighted by Gasteiger charge is -2.24. The Morgan fingerprint density at radius 1 is 1.09 bits per heavy atom. The van der Waals surface area contributed by atoms with Gasteiger partial charge in [-0.2, -0.15) is 4.98 Å². The maximum Gasteiger partial charge on any atom is 0.225 e. The molecule has 0 saturated heterocycles. The number of aromatic nitrogens is 2. The maximum atomic E-state index is 6.23. The van der Waals surface area contributed by atoms with Crippen molar-refractivity contribution in [2.45, 2.75) is 53.5 Å². The number of rotatable bonds is 5. The van der Waals surface area contributed by atoms with Crippen molar-refractivity contribution in [3.05, 3.63) is 40.0 Å². The van der Waals surface area contributed by atoms with Crippen molar-refractivity contribution in [3.8, 4) is 0 Å². The van der Waals surface area contributed by atoms with E-state index < -0.39 is 0 Å². The predicted octanol–water partition coefficient (Wildman–Crippen LogP) is 5.40. The molecule has 23 heavy (non-hydrogen) atoms. The molecule has 0 amide bonds. The Morgan fingerprint density at radius 2 is 1.70 bits per heavy atom. The van der Waals surface area contributed by atoms with Crippen molar-refractivity contribution in [2.75, 3.05) is 10.6 Å². The molecule has 0 aliphatic carbocycles. The summed E-state index contributed by atoms with van der Waals surface area (Å²) in [6.07, 6.45) is 2.82. The van der Waals surface area contributed by atoms with E-state index in [2.05, 4.69) is 41.4 Å². The maximum absolute atomic E-state index is 6.23. The van der Waals surface area contributed by atoms with Crippen LogP contribution in [0.25, 0.3) is 0 Å². The zero-order chi connectivity index (χ0) is 17.2. The van der Waals surface area contributed by atoms with Gasteiger partial charge in [-0.15, -0.1) is 0 Å². The van der Waals surface area contributed by atoms with E-state index in [0.29, 0.717) is 5.95 Å². The lowest BCUT2D eigenvalue weighted by Crippen LogP contribution is -2.30. The highest BCUT2D eigenvalue weighted by Gasteiger charge is 2.16. The summed E-state index contributed by atoms with van der Waals surface area (Å²) in [4.78, 5) is 9.00. The number of nitrogens with one attached hydrogen (secondary N) is 2. The highest BCUT2D eigenvalue weighted by molar-refractivity contribution is 6.32. The largest absolute Gasteiger partial charge is 0.349 e. The molecular formula is C18H25ClN4. The molecule has 0 radical (unpaired) electrons. The van der Waals surface area contributed by atoms with Crippen LogP contribution in [0.4, 0.5) is 17.5 Å². The van der Waals surface area contributed by atoms with E-state index in [4.69, 9.17) is 11.6 Å². The smallest absolute Gasteiger partial charge is 0.225 e. The molecule has 0 fully saturated rings. The van der Waals surface area contributed by atoms with Crippen molar-refractivity contribution in [1.82, 2.24) is 9.97 Å². The van der Waals surface area contributed by atoms with E-state index in [0.717, 1.165) is 39.6 Å². The van der Waals surface area contributed by atoms with Crippen LogP contribution in [-0.2, 0) is 0 Å². The summed E-state index contributed by atoms with van der Waals surface area (Å²) in [5, 5.41) is 7.55. The third-order valence-electron chi connectivity index (χ3n) is 4.00. The Labute approximate surface area is 143 Å². The van der Waals surface area contributed by atoms with Gasteiger partial charge >= 0.3 is 0 Å². The molecular weight excluding hydrogens is 308 g/mol. The molecule has 5 heteroatoms. The minimum Gasteiger partial charge on any atom is -0.349 e. The van der Waals surface area contributed by atoms with Gasteiger partial charge in [-0.05, 0) is 64.3 Å². The molecule has 0 aliphatic rings. The van der Waals surface area contributed by atoms with E-state index in [1.54, 1.807) is 0 Å². The van der Waals surface area contributed by atoms with Crippen LogP contribution in [0.1, 0.15) is 43.9 Å². The molecule has 1 aromatic carbocycles. The fourth-order valence-electron chi connectivity index (χ4n) is 2.17. The van der Waals surface area contributed by atoms with Gasteiger partial charge in [-0.1, -0.05) is 18.5 Å². The lowest BCUT2D eigenvalue weighted by atomic mass is 10.0. The Morgan fingerprint density at radius 3 is 2.26 bits per heavy atom. The molecule has 2 rings (SSSR count). The van der Waals surface area contributed by atoms with E-state index in [9.17, 15) is 0 Å². The molecule has 1 aromatic heterocycles. The van der Waals surface area contributed by atoms with E-state index >= 15 is 0 Å². The van der Waals surface area contributed by atoms with Crippen LogP contribution in [0.2, 0.25) is 5.02 Å². The Bertz CT molecular complexity index is 687. The quantitative estimate of drug-likeness (QED) is 0.769. The van der Waals surface area contributed by atoms with Crippen molar-refractivity contribution in [1.29, 1.82) is 0 Å². The van der Waals surface area contributed by atoms with Crippen LogP contribution in [0, 0.1) is 20.8 Å². The number of aryl methyl sites for hydroxylation is 3. The van der Waals surface area contributed by atoms with Gasteiger partial charge in [0.2, 0.25) is 5.95 Å². The second-order valence-corrected chi connectivity index (χ2v) is 7.01. The van der Waals surface area contributed by atoms with Crippen LogP contribution in [0.5, 0.6) is 0 Å². The average molecular weight is 333 g/mol. The van der Waals surface area contributed by atoms with E-state index in [1.165, 1.54) is 0 Å². The minimum absolute atomic E-state index is 0.0417. The topological polar surface area (TPSA) is 49.8 Å². The fraction of sp³-hybridized carbons (Fsp3) is 0.444. The molecule has 1 heterocycles. The van der Waals surface area contributed by atoms with Gasteiger partial charge in [0.25, 0.3) is 0 Å². The third-order valence-corrected chi connectivity index (χ3v) is 4.60. The average Bonchev–Trinajstić information content (AvgIpc) is 2.48. The zero-order valence-corrected chi connectivity index (χ0v) is 15.5. The molecule has 0 spiro atoms. The summed E-state index contributed by atoms with van der Waals surface area (Å²) in [6.45, 7) is 12.4. The van der Waals surface area contributed by atoms with Gasteiger partial charge in [-0.3, -0.25) is 0 Å². The number of nitrogens with zero attached hydrogens (tertiary/aromatic N) is 2. The summed E-state index contributed by atoms with van der Waals surface area (Å²) in [7, 11) is 0. The molecule has 2 aromatic rings. The van der Waals surface area contributed by atoms with Crippen LogP contribution in [0.15, 0.2) is 18.3 Å². The summed E-state index contributed by atoms with van der Waals surface area (Å²) in [6, 6.07) is 4.06. The number of halogens is 1. The summed E-state index contributed by atoms with van der Waals surface area (Å²) >= 11 is 6.23. The molecule has 0 bridgehead atoms. The van der Waals surface area contributed by atoms with Gasteiger partial charge in [0, 0.05) is 28.0 Å². The van der Waals surface area contributed by atoms with Crippen molar-refractivity contribution in [2.24, 2.45) is 0 Å². The van der Waals surface area contributed by atoms with Crippen LogP contribution in [0.3, 0.4) is 0 Å². The Kier molecular flexibility index (Phi) is 5.15. The molecule has 124 valence electrons. The highest BCUT2D eigenvalue weighted by atomic mass is 35.5. The molecule has 0 unspecified atom stereocenters. The molecule has 0 aliphatic heterocycles. The third kappa shape index (κ3) is 4.35. The Hall–Kier alpha value is -1.81. The zero-order valence-electron chi connectivity index (χ0n) is 14.7. The SMILES string of the molecule is CCC(C)(C)Nc1ncc(C)c(Nc2cc(C)c(Cl)c(C)c2)n1. The predicted molar refractivity (Wildman–Crippen MR) is 99.0 cm³/mol. The number of benzene rings is 1. The molecule has 0 atom stereocenters. The second-order valence-electron chi connectivity index (χ2n) is 6.64. The highest BCUT2D eigenvalue weighted by Crippen LogP contribution is 2.27. The van der Waals surface area contributed by atoms with Gasteiger partial charge < -0.3 is 10.6 Å². The standard InChI is InChI=1S/C18H25ClN4/c1-7-18(5,6)23-17-20-10-13(4)16(22-17)21-14-8-11(2)15(19)12(3)9-14/h8-10H,7H2,1-6H3,(H2,20,21,22,23). The summed E-state index contributed by atoms with van der Waals surface area (Å²) in [5.41, 5.74) is 4.03. The first kappa shape index (κ1) is 17.5. The van der Waals surface area contributed by atoms with E-state index in [-0.39, 0.29) is 5.54 Å². The number of hydrogen-bond donors (Lipinski definition) is 2. The molecule has 0 saturated carbocycles. The second kappa shape index (κ2) is 6.75. The van der Waals surface area contributed by atoms with Crippen LogP contribution >= 0.6 is 11.6 Å². The lowest BCUT2D eigenvalue weighted by molar-refractivity contribution is 0.542. The van der Waals surface area contributed by atoms with Gasteiger partial charge in [0.1, 0.15) is 5.82 Å². The Balaban J connectivity index is 2.29. The summed E-state index contributed by atoms with van der Waals surface area (Å²) < 4.78 is 0. The van der Waals surface area contributed by atoms with Gasteiger partial charge in [0.15, 0.2) is 0 Å². The summed E-state index contributed by atoms with van der Waals surface area (Å²) in [5.74, 6) is 1.43. The van der Waals surface area contributed by atoms with E-state index in [1.807, 2.05) is 39.1 Å². The van der Waals surface area contributed by atoms with Crippen molar-refractivity contribution >= 4 is 29.1 Å². The van der Waals surface area contributed by atoms with Crippen LogP contribution < -0.4 is 10.6 Å². The van der Waals surface area contributed by atoms with Gasteiger partial charge in [0.05, 0.1) is 0 Å². The minimum atomic E-state index is -0.0417. The molecule has 2 N–H and O–H groups in total.